The summed E-state index contributed by atoms with van der Waals surface area (Å²) in [5.41, 5.74) is 2.19. The van der Waals surface area contributed by atoms with Gasteiger partial charge in [-0.1, -0.05) is 10.4 Å². The molecule has 2 aliphatic rings. The number of fused-ring (bicyclic) bond motifs is 1. The third-order valence-electron chi connectivity index (χ3n) is 4.94. The lowest BCUT2D eigenvalue weighted by Gasteiger charge is -2.18. The number of rotatable bonds is 4. The second kappa shape index (κ2) is 6.08. The van der Waals surface area contributed by atoms with Gasteiger partial charge in [-0.3, -0.25) is 9.48 Å². The summed E-state index contributed by atoms with van der Waals surface area (Å²) in [6, 6.07) is 3.67. The van der Waals surface area contributed by atoms with Crippen LogP contribution in [0.2, 0.25) is 0 Å². The number of nitrogens with zero attached hydrogens (tertiary/aromatic N) is 7. The van der Waals surface area contributed by atoms with Crippen molar-refractivity contribution in [3.63, 3.8) is 0 Å². The van der Waals surface area contributed by atoms with Crippen molar-refractivity contribution in [2.75, 3.05) is 6.54 Å². The van der Waals surface area contributed by atoms with Gasteiger partial charge in [0.05, 0.1) is 18.8 Å². The Bertz CT molecular complexity index is 923. The van der Waals surface area contributed by atoms with Gasteiger partial charge in [-0.25, -0.2) is 4.68 Å². The van der Waals surface area contributed by atoms with E-state index in [1.807, 2.05) is 21.8 Å². The van der Waals surface area contributed by atoms with Crippen LogP contribution in [0.3, 0.4) is 0 Å². The van der Waals surface area contributed by atoms with Crippen LogP contribution in [0.5, 0.6) is 0 Å². The van der Waals surface area contributed by atoms with Crippen LogP contribution in [0.15, 0.2) is 29.0 Å². The van der Waals surface area contributed by atoms with Gasteiger partial charge in [0.15, 0.2) is 5.69 Å². The van der Waals surface area contributed by atoms with Crippen molar-refractivity contribution >= 4 is 5.91 Å². The first-order valence-electron chi connectivity index (χ1n) is 8.92. The Balaban J connectivity index is 1.38. The first-order valence-corrected chi connectivity index (χ1v) is 8.92. The second-order valence-corrected chi connectivity index (χ2v) is 6.88. The van der Waals surface area contributed by atoms with Crippen molar-refractivity contribution in [3.05, 3.63) is 47.4 Å². The monoisotopic (exact) mass is 353 g/mol. The minimum Gasteiger partial charge on any atom is -0.360 e. The summed E-state index contributed by atoms with van der Waals surface area (Å²) in [5.74, 6) is 1.18. The third kappa shape index (κ3) is 2.79. The second-order valence-electron chi connectivity index (χ2n) is 6.88. The van der Waals surface area contributed by atoms with Gasteiger partial charge in [-0.05, 0) is 25.3 Å². The Labute approximate surface area is 149 Å². The van der Waals surface area contributed by atoms with Crippen LogP contribution in [0.4, 0.5) is 0 Å². The predicted molar refractivity (Wildman–Crippen MR) is 89.2 cm³/mol. The van der Waals surface area contributed by atoms with Crippen LogP contribution < -0.4 is 0 Å². The molecule has 134 valence electrons. The molecule has 3 aromatic rings. The van der Waals surface area contributed by atoms with E-state index in [-0.39, 0.29) is 5.91 Å². The van der Waals surface area contributed by atoms with Gasteiger partial charge in [-0.2, -0.15) is 5.10 Å². The number of hydrogen-bond acceptors (Lipinski definition) is 6. The highest BCUT2D eigenvalue weighted by atomic mass is 16.5. The molecule has 9 heteroatoms. The molecule has 1 saturated carbocycles. The topological polar surface area (TPSA) is 94.9 Å². The summed E-state index contributed by atoms with van der Waals surface area (Å²) >= 11 is 0. The maximum absolute atomic E-state index is 12.9. The van der Waals surface area contributed by atoms with E-state index in [0.29, 0.717) is 31.2 Å². The molecule has 0 N–H and O–H groups in total. The highest BCUT2D eigenvalue weighted by molar-refractivity contribution is 5.92. The Kier molecular flexibility index (Phi) is 3.58. The van der Waals surface area contributed by atoms with Crippen molar-refractivity contribution in [2.45, 2.75) is 44.8 Å². The minimum atomic E-state index is -0.0969. The summed E-state index contributed by atoms with van der Waals surface area (Å²) in [7, 11) is 0. The van der Waals surface area contributed by atoms with E-state index >= 15 is 0 Å². The molecular weight excluding hydrogens is 334 g/mol. The van der Waals surface area contributed by atoms with E-state index in [9.17, 15) is 4.79 Å². The fourth-order valence-electron chi connectivity index (χ4n) is 3.35. The molecule has 1 fully saturated rings. The fourth-order valence-corrected chi connectivity index (χ4v) is 3.35. The summed E-state index contributed by atoms with van der Waals surface area (Å²) in [6.45, 7) is 2.42. The quantitative estimate of drug-likeness (QED) is 0.704. The van der Waals surface area contributed by atoms with Crippen molar-refractivity contribution < 1.29 is 9.32 Å². The first-order chi connectivity index (χ1) is 12.8. The molecule has 1 aliphatic heterocycles. The Morgan fingerprint density at radius 1 is 1.31 bits per heavy atom. The summed E-state index contributed by atoms with van der Waals surface area (Å²) in [6.07, 6.45) is 6.69. The van der Waals surface area contributed by atoms with Gasteiger partial charge >= 0.3 is 0 Å². The molecular formula is C17H19N7O2. The lowest BCUT2D eigenvalue weighted by atomic mass is 10.2. The van der Waals surface area contributed by atoms with Gasteiger partial charge in [-0.15, -0.1) is 5.10 Å². The number of amides is 1. The minimum absolute atomic E-state index is 0.0969. The number of hydrogen-bond donors (Lipinski definition) is 0. The third-order valence-corrected chi connectivity index (χ3v) is 4.94. The summed E-state index contributed by atoms with van der Waals surface area (Å²) < 4.78 is 9.04. The molecule has 0 saturated heterocycles. The SMILES string of the molecule is O=C(c1cc(C2CC2)on1)N1CCCn2nnc(Cn3cccn3)c2C1. The van der Waals surface area contributed by atoms with Crippen LogP contribution in [0.25, 0.3) is 0 Å². The van der Waals surface area contributed by atoms with E-state index in [1.54, 1.807) is 16.9 Å². The van der Waals surface area contributed by atoms with Gasteiger partial charge in [0.1, 0.15) is 11.5 Å². The molecule has 0 atom stereocenters. The Hall–Kier alpha value is -2.97. The average Bonchev–Trinajstić information content (AvgIpc) is 3.05. The van der Waals surface area contributed by atoms with Crippen LogP contribution >= 0.6 is 0 Å². The number of carbonyl (C=O) groups excluding carboxylic acids is 1. The molecule has 26 heavy (non-hydrogen) atoms. The molecule has 1 aliphatic carbocycles. The van der Waals surface area contributed by atoms with Gasteiger partial charge in [0.25, 0.3) is 5.91 Å². The standard InChI is InChI=1S/C17H19N7O2/c25-17(13-9-16(26-20-13)12-3-4-12)22-6-2-8-24-15(11-22)14(19-21-24)10-23-7-1-5-18-23/h1,5,7,9,12H,2-4,6,8,10-11H2. The highest BCUT2D eigenvalue weighted by Gasteiger charge is 2.31. The van der Waals surface area contributed by atoms with E-state index in [2.05, 4.69) is 20.6 Å². The Morgan fingerprint density at radius 3 is 3.04 bits per heavy atom. The lowest BCUT2D eigenvalue weighted by Crippen LogP contribution is -2.31. The van der Waals surface area contributed by atoms with Gasteiger partial charge in [0, 0.05) is 37.5 Å². The van der Waals surface area contributed by atoms with Crippen molar-refractivity contribution in [1.29, 1.82) is 0 Å². The maximum Gasteiger partial charge on any atom is 0.276 e. The summed E-state index contributed by atoms with van der Waals surface area (Å²) in [4.78, 5) is 14.7. The van der Waals surface area contributed by atoms with Crippen molar-refractivity contribution in [3.8, 4) is 0 Å². The van der Waals surface area contributed by atoms with Crippen LogP contribution in [0, 0.1) is 0 Å². The average molecular weight is 353 g/mol. The molecule has 9 nitrogen and oxygen atoms in total. The number of aryl methyl sites for hydroxylation is 1. The molecule has 0 aromatic carbocycles. The van der Waals surface area contributed by atoms with Crippen LogP contribution in [-0.2, 0) is 19.6 Å². The molecule has 4 heterocycles. The molecule has 5 rings (SSSR count). The lowest BCUT2D eigenvalue weighted by molar-refractivity contribution is 0.0734. The van der Waals surface area contributed by atoms with Gasteiger partial charge < -0.3 is 9.42 Å². The van der Waals surface area contributed by atoms with E-state index < -0.39 is 0 Å². The fraction of sp³-hybridized carbons (Fsp3) is 0.471. The largest absolute Gasteiger partial charge is 0.360 e. The molecule has 0 bridgehead atoms. The van der Waals surface area contributed by atoms with Crippen LogP contribution in [0.1, 0.15) is 52.8 Å². The summed E-state index contributed by atoms with van der Waals surface area (Å²) in [5, 5.41) is 16.8. The van der Waals surface area contributed by atoms with Crippen LogP contribution in [-0.4, -0.2) is 47.3 Å². The van der Waals surface area contributed by atoms with Gasteiger partial charge in [0.2, 0.25) is 0 Å². The van der Waals surface area contributed by atoms with E-state index in [0.717, 1.165) is 43.0 Å². The zero-order valence-corrected chi connectivity index (χ0v) is 14.3. The Morgan fingerprint density at radius 2 is 2.23 bits per heavy atom. The molecule has 3 aromatic heterocycles. The predicted octanol–water partition coefficient (Wildman–Crippen LogP) is 1.43. The van der Waals surface area contributed by atoms with E-state index in [4.69, 9.17) is 4.52 Å². The number of carbonyl (C=O) groups is 1. The molecule has 0 radical (unpaired) electrons. The normalized spacial score (nSPS) is 17.2. The molecule has 0 spiro atoms. The van der Waals surface area contributed by atoms with E-state index in [1.165, 1.54) is 0 Å². The van der Waals surface area contributed by atoms with Crippen molar-refractivity contribution in [1.82, 2.24) is 34.8 Å². The van der Waals surface area contributed by atoms with Crippen molar-refractivity contribution in [2.24, 2.45) is 0 Å². The number of aromatic nitrogens is 6. The zero-order chi connectivity index (χ0) is 17.5. The highest BCUT2D eigenvalue weighted by Crippen LogP contribution is 2.40. The smallest absolute Gasteiger partial charge is 0.276 e. The zero-order valence-electron chi connectivity index (χ0n) is 14.3. The molecule has 0 unspecified atom stereocenters. The maximum atomic E-state index is 12.9. The molecule has 1 amide bonds. The first kappa shape index (κ1) is 15.3.